The van der Waals surface area contributed by atoms with Crippen molar-refractivity contribution in [3.8, 4) is 28.7 Å². The van der Waals surface area contributed by atoms with E-state index in [-0.39, 0.29) is 41.6 Å². The molecule has 12 heteroatoms. The molecule has 8 rings (SSSR count). The smallest absolute Gasteiger partial charge is 0.270 e. The maximum absolute atomic E-state index is 15.9. The quantitative estimate of drug-likeness (QED) is 0.153. The van der Waals surface area contributed by atoms with Crippen molar-refractivity contribution in [1.82, 2.24) is 20.2 Å². The third-order valence-electron chi connectivity index (χ3n) is 10.3. The van der Waals surface area contributed by atoms with Crippen molar-refractivity contribution in [3.05, 3.63) is 117 Å². The lowest BCUT2D eigenvalue weighted by atomic mass is 9.90. The Morgan fingerprint density at radius 2 is 1.91 bits per heavy atom. The van der Waals surface area contributed by atoms with E-state index < -0.39 is 17.6 Å². The highest BCUT2D eigenvalue weighted by molar-refractivity contribution is 6.03. The lowest BCUT2D eigenvalue weighted by Gasteiger charge is -2.33. The van der Waals surface area contributed by atoms with Crippen LogP contribution in [0.1, 0.15) is 58.4 Å². The second kappa shape index (κ2) is 14.2. The number of hydrogen-bond acceptors (Lipinski definition) is 8. The number of aryl methyl sites for hydroxylation is 3. The summed E-state index contributed by atoms with van der Waals surface area (Å²) >= 11 is 0. The summed E-state index contributed by atoms with van der Waals surface area (Å²) in [7, 11) is 1.77. The van der Waals surface area contributed by atoms with Crippen LogP contribution in [0.3, 0.4) is 0 Å². The summed E-state index contributed by atoms with van der Waals surface area (Å²) < 4.78 is 29.3. The molecule has 2 N–H and O–H groups in total. The summed E-state index contributed by atoms with van der Waals surface area (Å²) in [5, 5.41) is 6.76. The van der Waals surface area contributed by atoms with Gasteiger partial charge in [-0.25, -0.2) is 4.39 Å². The minimum absolute atomic E-state index is 0.0469. The van der Waals surface area contributed by atoms with E-state index in [4.69, 9.17) is 9.15 Å². The molecule has 1 unspecified atom stereocenters. The Bertz CT molecular complexity index is 2690. The van der Waals surface area contributed by atoms with E-state index in [0.717, 1.165) is 34.0 Å². The molecule has 0 radical (unpaired) electrons. The fourth-order valence-electron chi connectivity index (χ4n) is 7.33. The Balaban J connectivity index is 0.975. The minimum Gasteiger partial charge on any atom is -0.490 e. The van der Waals surface area contributed by atoms with E-state index in [1.807, 2.05) is 23.1 Å². The normalized spacial score (nSPS) is 15.3. The van der Waals surface area contributed by atoms with Gasteiger partial charge < -0.3 is 23.9 Å². The number of fused-ring (bicyclic) bond motifs is 3. The fourth-order valence-corrected chi connectivity index (χ4v) is 7.33. The van der Waals surface area contributed by atoms with E-state index in [0.29, 0.717) is 58.8 Å². The number of amides is 3. The van der Waals surface area contributed by atoms with Crippen LogP contribution in [0.25, 0.3) is 33.0 Å². The summed E-state index contributed by atoms with van der Waals surface area (Å²) in [4.78, 5) is 56.1. The maximum Gasteiger partial charge on any atom is 0.270 e. The van der Waals surface area contributed by atoms with Crippen molar-refractivity contribution >= 4 is 51.0 Å². The van der Waals surface area contributed by atoms with Crippen LogP contribution in [-0.2, 0) is 23.1 Å². The zero-order valence-corrected chi connectivity index (χ0v) is 30.4. The number of carbonyl (C=O) groups is 3. The van der Waals surface area contributed by atoms with Crippen LogP contribution in [0.15, 0.2) is 82.3 Å². The molecule has 1 fully saturated rings. The average Bonchev–Trinajstić information content (AvgIpc) is 3.61. The molecule has 1 atom stereocenters. The van der Waals surface area contributed by atoms with Gasteiger partial charge in [-0.05, 0) is 73.9 Å². The zero-order valence-electron chi connectivity index (χ0n) is 30.4. The van der Waals surface area contributed by atoms with E-state index in [1.54, 1.807) is 49.1 Å². The molecule has 0 aliphatic carbocycles. The van der Waals surface area contributed by atoms with Gasteiger partial charge in [-0.3, -0.25) is 29.5 Å². The van der Waals surface area contributed by atoms with Gasteiger partial charge in [0.25, 0.3) is 11.5 Å². The van der Waals surface area contributed by atoms with Gasteiger partial charge in [0.15, 0.2) is 0 Å². The van der Waals surface area contributed by atoms with Crippen molar-refractivity contribution in [1.29, 1.82) is 0 Å². The number of pyridine rings is 2. The van der Waals surface area contributed by atoms with E-state index in [9.17, 15) is 19.2 Å². The van der Waals surface area contributed by atoms with Crippen LogP contribution in [0.5, 0.6) is 5.75 Å². The third-order valence-corrected chi connectivity index (χ3v) is 10.3. The van der Waals surface area contributed by atoms with Crippen LogP contribution in [0.4, 0.5) is 15.8 Å². The number of imide groups is 1. The largest absolute Gasteiger partial charge is 0.490 e. The molecular formula is C43H36FN5O6. The van der Waals surface area contributed by atoms with Gasteiger partial charge in [0.05, 0.1) is 42.2 Å². The first-order valence-electron chi connectivity index (χ1n) is 18.0. The second-order valence-corrected chi connectivity index (χ2v) is 13.7. The Hall–Kier alpha value is -6.74. The number of piperidine rings is 1. The van der Waals surface area contributed by atoms with E-state index in [2.05, 4.69) is 40.4 Å². The molecule has 3 aromatic carbocycles. The Labute approximate surface area is 315 Å². The van der Waals surface area contributed by atoms with Crippen LogP contribution in [-0.4, -0.2) is 47.0 Å². The Morgan fingerprint density at radius 1 is 1.05 bits per heavy atom. The van der Waals surface area contributed by atoms with Crippen molar-refractivity contribution < 1.29 is 27.9 Å². The SMILES string of the molecule is CCc1cc(N2CCOc3cc(-c4ccc(C(=O)NCC#Cc5ccc6occ(C7CCC(=O)NC7=O)c6c5)nc4)c(F)cc32)c2cc(C)c(=O)n(C)c2c1. The van der Waals surface area contributed by atoms with Crippen molar-refractivity contribution in [2.45, 2.75) is 39.0 Å². The van der Waals surface area contributed by atoms with Gasteiger partial charge in [-0.2, -0.15) is 0 Å². The average molecular weight is 738 g/mol. The van der Waals surface area contributed by atoms with Gasteiger partial charge in [-0.15, -0.1) is 0 Å². The topological polar surface area (TPSA) is 136 Å². The highest BCUT2D eigenvalue weighted by Gasteiger charge is 2.30. The number of benzene rings is 3. The summed E-state index contributed by atoms with van der Waals surface area (Å²) in [6.07, 6.45) is 4.43. The summed E-state index contributed by atoms with van der Waals surface area (Å²) in [6.45, 7) is 4.77. The van der Waals surface area contributed by atoms with Gasteiger partial charge in [0, 0.05) is 64.3 Å². The van der Waals surface area contributed by atoms with Crippen LogP contribution in [0, 0.1) is 24.6 Å². The predicted octanol–water partition coefficient (Wildman–Crippen LogP) is 6.19. The first-order chi connectivity index (χ1) is 26.6. The minimum atomic E-state index is -0.485. The van der Waals surface area contributed by atoms with Crippen LogP contribution >= 0.6 is 0 Å². The number of rotatable bonds is 6. The van der Waals surface area contributed by atoms with Gasteiger partial charge >= 0.3 is 0 Å². The molecule has 0 spiro atoms. The molecule has 2 aliphatic heterocycles. The molecule has 2 aliphatic rings. The van der Waals surface area contributed by atoms with Gasteiger partial charge in [0.2, 0.25) is 11.8 Å². The number of halogens is 1. The standard InChI is InChI=1S/C43H36FN5O6/c1-4-25-18-35-31(16-24(2)43(53)48(35)3)36(19-25)49-14-15-54-39-20-29(33(44)21-37(39)49)27-8-10-34(46-22-27)42(52)45-13-5-6-26-7-11-38-30(17-26)32(23-55-38)28-9-12-40(50)47-41(28)51/h7-8,10-11,16-23,28H,4,9,12-15H2,1-3H3,(H,45,52)(H,47,50,51). The van der Waals surface area contributed by atoms with Crippen molar-refractivity contribution in [2.75, 3.05) is 24.6 Å². The number of aromatic nitrogens is 2. The highest BCUT2D eigenvalue weighted by atomic mass is 19.1. The maximum atomic E-state index is 15.9. The third kappa shape index (κ3) is 6.58. The number of ether oxygens (including phenoxy) is 1. The molecule has 11 nitrogen and oxygen atoms in total. The Kier molecular flexibility index (Phi) is 9.14. The molecule has 3 aromatic heterocycles. The molecule has 0 saturated carbocycles. The van der Waals surface area contributed by atoms with Gasteiger partial charge in [-0.1, -0.05) is 24.8 Å². The first kappa shape index (κ1) is 35.3. The number of nitrogens with zero attached hydrogens (tertiary/aromatic N) is 3. The van der Waals surface area contributed by atoms with Crippen LogP contribution in [0.2, 0.25) is 0 Å². The number of furan rings is 1. The second-order valence-electron chi connectivity index (χ2n) is 13.7. The molecule has 55 heavy (non-hydrogen) atoms. The number of anilines is 2. The zero-order chi connectivity index (χ0) is 38.4. The van der Waals surface area contributed by atoms with Crippen LogP contribution < -0.4 is 25.8 Å². The van der Waals surface area contributed by atoms with Crippen molar-refractivity contribution in [3.63, 3.8) is 0 Å². The van der Waals surface area contributed by atoms with E-state index in [1.165, 1.54) is 18.3 Å². The molecule has 0 bridgehead atoms. The molecular weight excluding hydrogens is 702 g/mol. The van der Waals surface area contributed by atoms with E-state index >= 15 is 4.39 Å². The summed E-state index contributed by atoms with van der Waals surface area (Å²) in [5.74, 6) is 4.46. The summed E-state index contributed by atoms with van der Waals surface area (Å²) in [5.41, 5.74) is 6.79. The summed E-state index contributed by atoms with van der Waals surface area (Å²) in [6, 6.07) is 17.7. The van der Waals surface area contributed by atoms with Crippen molar-refractivity contribution in [2.24, 2.45) is 7.05 Å². The number of nitrogens with one attached hydrogen (secondary N) is 2. The molecule has 276 valence electrons. The monoisotopic (exact) mass is 737 g/mol. The van der Waals surface area contributed by atoms with Gasteiger partial charge in [0.1, 0.15) is 29.5 Å². The number of carbonyl (C=O) groups excluding carboxylic acids is 3. The molecule has 6 aromatic rings. The molecule has 1 saturated heterocycles. The lowest BCUT2D eigenvalue weighted by Crippen LogP contribution is -2.39. The number of hydrogen-bond donors (Lipinski definition) is 2. The first-order valence-corrected chi connectivity index (χ1v) is 18.0. The molecule has 3 amide bonds. The highest BCUT2D eigenvalue weighted by Crippen LogP contribution is 2.43. The molecule has 5 heterocycles. The fraction of sp³-hybridized carbons (Fsp3) is 0.233. The lowest BCUT2D eigenvalue weighted by molar-refractivity contribution is -0.134. The predicted molar refractivity (Wildman–Crippen MR) is 206 cm³/mol. The Morgan fingerprint density at radius 3 is 2.69 bits per heavy atom.